The molecule has 4 N–H and O–H groups in total. The number of nitrogens with one attached hydrogen (secondary N) is 4. The number of hydrogen-bond acceptors (Lipinski definition) is 10. The number of halogens is 6. The Balaban J connectivity index is 1.31. The number of aryl methyl sites for hydroxylation is 2. The van der Waals surface area contributed by atoms with Crippen molar-refractivity contribution in [1.29, 1.82) is 0 Å². The largest absolute Gasteiger partial charge is 0.323 e. The van der Waals surface area contributed by atoms with Crippen molar-refractivity contribution in [2.24, 2.45) is 20.5 Å². The van der Waals surface area contributed by atoms with E-state index in [2.05, 4.69) is 41.7 Å². The van der Waals surface area contributed by atoms with E-state index in [0.717, 1.165) is 0 Å². The van der Waals surface area contributed by atoms with Crippen molar-refractivity contribution >= 4 is 139 Å². The van der Waals surface area contributed by atoms with Gasteiger partial charge < -0.3 is 21.3 Å². The van der Waals surface area contributed by atoms with Gasteiger partial charge in [0.15, 0.2) is 11.6 Å². The van der Waals surface area contributed by atoms with Gasteiger partial charge in [-0.15, -0.1) is 0 Å². The van der Waals surface area contributed by atoms with E-state index in [4.69, 9.17) is 69.6 Å². The number of nitrogens with zero attached hydrogens (tertiary/aromatic N) is 4. The molecule has 0 saturated carbocycles. The lowest BCUT2D eigenvalue weighted by Gasteiger charge is -2.18. The van der Waals surface area contributed by atoms with Crippen molar-refractivity contribution in [1.82, 2.24) is 0 Å². The van der Waals surface area contributed by atoms with Gasteiger partial charge in [0.25, 0.3) is 23.6 Å². The topological polar surface area (TPSA) is 200 Å². The summed E-state index contributed by atoms with van der Waals surface area (Å²) in [4.78, 5) is 78.7. The van der Waals surface area contributed by atoms with E-state index in [9.17, 15) is 28.8 Å². The first-order valence-corrected chi connectivity index (χ1v) is 21.4. The van der Waals surface area contributed by atoms with Crippen LogP contribution in [0.5, 0.6) is 0 Å². The van der Waals surface area contributed by atoms with Crippen LogP contribution in [0.1, 0.15) is 59.5 Å². The second kappa shape index (κ2) is 22.2. The quantitative estimate of drug-likeness (QED) is 0.0560. The van der Waals surface area contributed by atoms with E-state index >= 15 is 0 Å². The highest BCUT2D eigenvalue weighted by atomic mass is 35.5. The number of amides is 4. The fourth-order valence-corrected chi connectivity index (χ4v) is 6.81. The normalized spacial score (nSPS) is 12.2. The van der Waals surface area contributed by atoms with E-state index in [0.29, 0.717) is 45.4 Å². The minimum atomic E-state index is -1.61. The number of benzene rings is 5. The molecule has 64 heavy (non-hydrogen) atoms. The molecule has 5 aromatic rings. The number of Topliss-reactive ketones (excluding diaryl/α,β-unsaturated/α-hetero) is 2. The highest BCUT2D eigenvalue weighted by Gasteiger charge is 2.27. The summed E-state index contributed by atoms with van der Waals surface area (Å²) in [6.45, 7) is 5.96. The Morgan fingerprint density at radius 3 is 1.17 bits per heavy atom. The van der Waals surface area contributed by atoms with Crippen LogP contribution in [0.15, 0.2) is 105 Å². The zero-order chi connectivity index (χ0) is 46.8. The lowest BCUT2D eigenvalue weighted by atomic mass is 10.0. The molecule has 0 aliphatic carbocycles. The van der Waals surface area contributed by atoms with Crippen molar-refractivity contribution < 1.29 is 28.8 Å². The Hall–Kier alpha value is -5.74. The monoisotopic (exact) mass is 982 g/mol. The third kappa shape index (κ3) is 12.7. The lowest BCUT2D eigenvalue weighted by molar-refractivity contribution is -0.127. The summed E-state index contributed by atoms with van der Waals surface area (Å²) < 4.78 is 0. The number of carbonyl (C=O) groups is 6. The van der Waals surface area contributed by atoms with Gasteiger partial charge in [0.1, 0.15) is 11.4 Å². The van der Waals surface area contributed by atoms with Crippen molar-refractivity contribution in [3.8, 4) is 0 Å². The smallest absolute Gasteiger partial charge is 0.258 e. The third-order valence-electron chi connectivity index (χ3n) is 9.21. The molecule has 0 heterocycles. The molecule has 0 aliphatic rings. The predicted molar refractivity (Wildman–Crippen MR) is 252 cm³/mol. The van der Waals surface area contributed by atoms with Gasteiger partial charge in [-0.1, -0.05) is 83.5 Å². The molecule has 20 heteroatoms. The molecule has 5 aromatic carbocycles. The number of rotatable bonds is 16. The standard InChI is InChI=1S/C44H36Cl6N8O6/c1-5-23-15-34(52-44(64)40(22(4)60)58-56-38-18-26(8-12-32(38)50)42(62)54-36-20-28(46)10-14-30(36)48)24(6-2)16-33(23)51-43(63)39(21(3)59)57-55-37-17-25(7-11-31(37)49)41(61)53-35-19-27(45)9-13-29(35)47/h7-20,39-40H,5-6H2,1-4H3,(H,51,63)(H,52,64)(H,53,61)(H,54,62). The van der Waals surface area contributed by atoms with Gasteiger partial charge in [-0.05, 0) is 123 Å². The summed E-state index contributed by atoms with van der Waals surface area (Å²) in [7, 11) is 0. The van der Waals surface area contributed by atoms with Gasteiger partial charge in [-0.25, -0.2) is 0 Å². The van der Waals surface area contributed by atoms with E-state index in [1.165, 1.54) is 74.5 Å². The van der Waals surface area contributed by atoms with Crippen LogP contribution in [0, 0.1) is 0 Å². The Morgan fingerprint density at radius 1 is 0.469 bits per heavy atom. The summed E-state index contributed by atoms with van der Waals surface area (Å²) in [5.41, 5.74) is 2.61. The molecular weight excluding hydrogens is 949 g/mol. The van der Waals surface area contributed by atoms with Crippen LogP contribution >= 0.6 is 69.6 Å². The summed E-state index contributed by atoms with van der Waals surface area (Å²) >= 11 is 37.1. The molecule has 2 atom stereocenters. The molecule has 0 fully saturated rings. The van der Waals surface area contributed by atoms with Gasteiger partial charge >= 0.3 is 0 Å². The molecular formula is C44H36Cl6N8O6. The SMILES string of the molecule is CCc1cc(NC(=O)C(N=Nc2cc(C(=O)Nc3cc(Cl)ccc3Cl)ccc2Cl)C(C)=O)c(CC)cc1NC(=O)C(N=Nc1cc(C(=O)Nc2cc(Cl)ccc2Cl)ccc1Cl)C(C)=O. The molecule has 0 aromatic heterocycles. The molecule has 5 rings (SSSR count). The molecule has 0 bridgehead atoms. The minimum absolute atomic E-state index is 0.0104. The van der Waals surface area contributed by atoms with E-state index in [1.807, 2.05) is 13.8 Å². The van der Waals surface area contributed by atoms with Gasteiger partial charge in [-0.2, -0.15) is 20.5 Å². The molecule has 0 radical (unpaired) electrons. The van der Waals surface area contributed by atoms with Crippen LogP contribution in [-0.2, 0) is 32.0 Å². The highest BCUT2D eigenvalue weighted by Crippen LogP contribution is 2.32. The van der Waals surface area contributed by atoms with Crippen molar-refractivity contribution in [3.63, 3.8) is 0 Å². The summed E-state index contributed by atoms with van der Waals surface area (Å²) in [5, 5.41) is 28.3. The van der Waals surface area contributed by atoms with Crippen LogP contribution in [0.4, 0.5) is 34.1 Å². The van der Waals surface area contributed by atoms with Crippen LogP contribution in [0.25, 0.3) is 0 Å². The first-order valence-electron chi connectivity index (χ1n) is 19.1. The van der Waals surface area contributed by atoms with Crippen molar-refractivity contribution in [3.05, 3.63) is 137 Å². The maximum atomic E-state index is 13.6. The minimum Gasteiger partial charge on any atom is -0.323 e. The first kappa shape index (κ1) is 49.3. The number of azo groups is 2. The summed E-state index contributed by atoms with van der Waals surface area (Å²) in [5.74, 6) is -4.01. The van der Waals surface area contributed by atoms with E-state index in [1.54, 1.807) is 24.3 Å². The van der Waals surface area contributed by atoms with Gasteiger partial charge in [0.05, 0.1) is 31.5 Å². The maximum Gasteiger partial charge on any atom is 0.258 e. The fraction of sp³-hybridized carbons (Fsp3) is 0.182. The Labute approximate surface area is 397 Å². The van der Waals surface area contributed by atoms with Crippen molar-refractivity contribution in [2.45, 2.75) is 52.6 Å². The van der Waals surface area contributed by atoms with Gasteiger partial charge in [0.2, 0.25) is 12.1 Å². The molecule has 0 saturated heterocycles. The average Bonchev–Trinajstić information content (AvgIpc) is 3.24. The number of anilines is 4. The summed E-state index contributed by atoms with van der Waals surface area (Å²) in [6, 6.07) is 17.6. The molecule has 14 nitrogen and oxygen atoms in total. The van der Waals surface area contributed by atoms with Gasteiger partial charge in [-0.3, -0.25) is 28.8 Å². The van der Waals surface area contributed by atoms with Crippen LogP contribution < -0.4 is 21.3 Å². The van der Waals surface area contributed by atoms with Gasteiger partial charge in [0, 0.05) is 32.5 Å². The average molecular weight is 986 g/mol. The van der Waals surface area contributed by atoms with Crippen molar-refractivity contribution in [2.75, 3.05) is 21.3 Å². The molecule has 0 aliphatic heterocycles. The second-order valence-corrected chi connectivity index (χ2v) is 16.3. The first-order chi connectivity index (χ1) is 30.4. The van der Waals surface area contributed by atoms with Crippen LogP contribution in [0.2, 0.25) is 30.1 Å². The molecule has 4 amide bonds. The zero-order valence-electron chi connectivity index (χ0n) is 34.2. The fourth-order valence-electron chi connectivity index (χ4n) is 5.82. The van der Waals surface area contributed by atoms with Crippen LogP contribution in [0.3, 0.4) is 0 Å². The maximum absolute atomic E-state index is 13.6. The number of carbonyl (C=O) groups excluding carboxylic acids is 6. The third-order valence-corrected chi connectivity index (χ3v) is 11.0. The Morgan fingerprint density at radius 2 is 0.828 bits per heavy atom. The Kier molecular flexibility index (Phi) is 17.1. The second-order valence-electron chi connectivity index (χ2n) is 13.8. The number of ketones is 2. The number of hydrogen-bond donors (Lipinski definition) is 4. The zero-order valence-corrected chi connectivity index (χ0v) is 38.7. The lowest BCUT2D eigenvalue weighted by Crippen LogP contribution is -2.33. The van der Waals surface area contributed by atoms with E-state index in [-0.39, 0.29) is 54.0 Å². The highest BCUT2D eigenvalue weighted by molar-refractivity contribution is 6.37. The molecule has 2 unspecified atom stereocenters. The Bertz CT molecular complexity index is 2560. The summed E-state index contributed by atoms with van der Waals surface area (Å²) in [6.07, 6.45) is 0.725. The van der Waals surface area contributed by atoms with Crippen LogP contribution in [-0.4, -0.2) is 47.3 Å². The molecule has 330 valence electrons. The van der Waals surface area contributed by atoms with E-state index < -0.39 is 47.3 Å². The predicted octanol–water partition coefficient (Wildman–Crippen LogP) is 12.6. The molecule has 0 spiro atoms.